The van der Waals surface area contributed by atoms with Crippen LogP contribution in [0, 0.1) is 0 Å². The molecule has 3 nitrogen and oxygen atoms in total. The fourth-order valence-corrected chi connectivity index (χ4v) is 1.88. The number of amides is 1. The molecule has 0 saturated heterocycles. The molecule has 0 radical (unpaired) electrons. The topological polar surface area (TPSA) is 56.7 Å². The molecular weight excluding hydrogens is 224 g/mol. The maximum atomic E-state index is 11.6. The summed E-state index contributed by atoms with van der Waals surface area (Å²) in [6.45, 7) is 0.246. The van der Waals surface area contributed by atoms with Crippen molar-refractivity contribution in [2.75, 3.05) is 6.54 Å². The maximum absolute atomic E-state index is 11.6. The van der Waals surface area contributed by atoms with E-state index in [4.69, 9.17) is 0 Å². The van der Waals surface area contributed by atoms with E-state index in [2.05, 4.69) is 11.1 Å². The van der Waals surface area contributed by atoms with Gasteiger partial charge in [-0.05, 0) is 11.1 Å². The summed E-state index contributed by atoms with van der Waals surface area (Å²) in [6, 6.07) is 19.8. The number of hydrogen-bond acceptors (Lipinski definition) is 1. The van der Waals surface area contributed by atoms with E-state index in [0.717, 1.165) is 11.1 Å². The van der Waals surface area contributed by atoms with E-state index < -0.39 is 0 Å². The van der Waals surface area contributed by atoms with Gasteiger partial charge in [-0.3, -0.25) is 4.79 Å². The van der Waals surface area contributed by atoms with Crippen molar-refractivity contribution >= 4 is 5.91 Å². The van der Waals surface area contributed by atoms with E-state index in [1.165, 1.54) is 0 Å². The van der Waals surface area contributed by atoms with Crippen LogP contribution in [0.4, 0.5) is 0 Å². The van der Waals surface area contributed by atoms with Crippen molar-refractivity contribution in [1.82, 2.24) is 5.32 Å². The third kappa shape index (κ3) is 2.96. The lowest BCUT2D eigenvalue weighted by molar-refractivity contribution is -0.355. The smallest absolute Gasteiger partial charge is 0.275 e. The minimum absolute atomic E-state index is 0.0484. The molecule has 0 spiro atoms. The predicted molar refractivity (Wildman–Crippen MR) is 70.6 cm³/mol. The largest absolute Gasteiger partial charge is 0.350 e. The first-order valence-electron chi connectivity index (χ1n) is 6.00. The lowest BCUT2D eigenvalue weighted by Gasteiger charge is -2.18. The third-order valence-corrected chi connectivity index (χ3v) is 2.80. The molecule has 4 N–H and O–H groups in total. The average molecular weight is 241 g/mol. The van der Waals surface area contributed by atoms with Crippen LogP contribution in [-0.2, 0) is 4.79 Å². The first-order chi connectivity index (χ1) is 8.81. The molecule has 0 aromatic heterocycles. The standard InChI is InChI=1S/C15H16N2O/c16-11-14(18)17-15(12-7-3-1-4-8-12)13-9-5-2-6-10-13/h1-10,15H,11,16H2,(H,17,18)/p+1. The van der Waals surface area contributed by atoms with E-state index >= 15 is 0 Å². The zero-order chi connectivity index (χ0) is 12.8. The Morgan fingerprint density at radius 2 is 1.39 bits per heavy atom. The summed E-state index contributed by atoms with van der Waals surface area (Å²) in [7, 11) is 0. The van der Waals surface area contributed by atoms with Gasteiger partial charge in [0.1, 0.15) is 0 Å². The fraction of sp³-hybridized carbons (Fsp3) is 0.133. The molecule has 2 aromatic rings. The van der Waals surface area contributed by atoms with Gasteiger partial charge in [0.2, 0.25) is 0 Å². The van der Waals surface area contributed by atoms with Crippen LogP contribution in [-0.4, -0.2) is 12.5 Å². The van der Waals surface area contributed by atoms with Crippen molar-refractivity contribution in [1.29, 1.82) is 0 Å². The number of hydrogen-bond donors (Lipinski definition) is 2. The molecule has 3 heteroatoms. The lowest BCUT2D eigenvalue weighted by Crippen LogP contribution is -2.57. The summed E-state index contributed by atoms with van der Waals surface area (Å²) in [5.74, 6) is -0.0484. The van der Waals surface area contributed by atoms with E-state index in [1.807, 2.05) is 60.7 Å². The quantitative estimate of drug-likeness (QED) is 0.828. The number of benzene rings is 2. The lowest BCUT2D eigenvalue weighted by atomic mass is 9.99. The molecule has 2 rings (SSSR count). The highest BCUT2D eigenvalue weighted by molar-refractivity contribution is 5.77. The summed E-state index contributed by atoms with van der Waals surface area (Å²) < 4.78 is 0. The van der Waals surface area contributed by atoms with Gasteiger partial charge in [0.25, 0.3) is 5.91 Å². The van der Waals surface area contributed by atoms with Crippen molar-refractivity contribution in [3.8, 4) is 0 Å². The van der Waals surface area contributed by atoms with Crippen molar-refractivity contribution in [3.63, 3.8) is 0 Å². The minimum atomic E-state index is -0.110. The summed E-state index contributed by atoms with van der Waals surface area (Å²) in [5.41, 5.74) is 5.76. The number of quaternary nitrogens is 1. The van der Waals surface area contributed by atoms with Gasteiger partial charge in [-0.15, -0.1) is 0 Å². The Morgan fingerprint density at radius 3 is 1.78 bits per heavy atom. The molecule has 2 aromatic carbocycles. The van der Waals surface area contributed by atoms with Crippen LogP contribution in [0.15, 0.2) is 60.7 Å². The molecule has 1 amide bonds. The normalized spacial score (nSPS) is 10.3. The number of nitrogens with one attached hydrogen (secondary N) is 1. The zero-order valence-corrected chi connectivity index (χ0v) is 10.2. The Morgan fingerprint density at radius 1 is 0.944 bits per heavy atom. The van der Waals surface area contributed by atoms with Crippen molar-refractivity contribution < 1.29 is 10.5 Å². The summed E-state index contributed by atoms with van der Waals surface area (Å²) in [6.07, 6.45) is 0. The van der Waals surface area contributed by atoms with E-state index in [-0.39, 0.29) is 18.5 Å². The highest BCUT2D eigenvalue weighted by atomic mass is 16.1. The van der Waals surface area contributed by atoms with Gasteiger partial charge in [0, 0.05) is 0 Å². The fourth-order valence-electron chi connectivity index (χ4n) is 1.88. The zero-order valence-electron chi connectivity index (χ0n) is 10.2. The molecule has 0 saturated carbocycles. The van der Waals surface area contributed by atoms with Gasteiger partial charge in [-0.25, -0.2) is 0 Å². The Labute approximate surface area is 107 Å². The highest BCUT2D eigenvalue weighted by Crippen LogP contribution is 2.21. The molecule has 0 aliphatic heterocycles. The summed E-state index contributed by atoms with van der Waals surface area (Å²) >= 11 is 0. The predicted octanol–water partition coefficient (Wildman–Crippen LogP) is 1.13. The Bertz CT molecular complexity index is 457. The van der Waals surface area contributed by atoms with Crippen LogP contribution in [0.2, 0.25) is 0 Å². The molecule has 92 valence electrons. The molecule has 0 heterocycles. The van der Waals surface area contributed by atoms with Crippen molar-refractivity contribution in [2.45, 2.75) is 6.04 Å². The number of carbonyl (C=O) groups excluding carboxylic acids is 1. The SMILES string of the molecule is [NH3+]CC(=O)NC(c1ccccc1)c1ccccc1. The molecule has 0 fully saturated rings. The van der Waals surface area contributed by atoms with Crippen LogP contribution in [0.25, 0.3) is 0 Å². The maximum Gasteiger partial charge on any atom is 0.275 e. The third-order valence-electron chi connectivity index (χ3n) is 2.80. The number of carbonyl (C=O) groups is 1. The van der Waals surface area contributed by atoms with Crippen LogP contribution in [0.3, 0.4) is 0 Å². The van der Waals surface area contributed by atoms with Crippen molar-refractivity contribution in [3.05, 3.63) is 71.8 Å². The van der Waals surface area contributed by atoms with Crippen LogP contribution < -0.4 is 11.1 Å². The second-order valence-electron chi connectivity index (χ2n) is 4.07. The van der Waals surface area contributed by atoms with E-state index in [0.29, 0.717) is 0 Å². The van der Waals surface area contributed by atoms with Crippen molar-refractivity contribution in [2.24, 2.45) is 0 Å². The molecule has 0 aliphatic rings. The van der Waals surface area contributed by atoms with Gasteiger partial charge in [0.15, 0.2) is 6.54 Å². The highest BCUT2D eigenvalue weighted by Gasteiger charge is 2.15. The van der Waals surface area contributed by atoms with Gasteiger partial charge >= 0.3 is 0 Å². The summed E-state index contributed by atoms with van der Waals surface area (Å²) in [4.78, 5) is 11.6. The number of rotatable bonds is 4. The van der Waals surface area contributed by atoms with Crippen LogP contribution in [0.5, 0.6) is 0 Å². The molecule has 18 heavy (non-hydrogen) atoms. The molecule has 0 bridgehead atoms. The van der Waals surface area contributed by atoms with E-state index in [1.54, 1.807) is 0 Å². The average Bonchev–Trinajstić information content (AvgIpc) is 2.46. The van der Waals surface area contributed by atoms with Gasteiger partial charge < -0.3 is 11.1 Å². The van der Waals surface area contributed by atoms with Crippen LogP contribution in [0.1, 0.15) is 17.2 Å². The van der Waals surface area contributed by atoms with E-state index in [9.17, 15) is 4.79 Å². The second kappa shape index (κ2) is 5.98. The Kier molecular flexibility index (Phi) is 4.10. The monoisotopic (exact) mass is 241 g/mol. The molecular formula is C15H17N2O+. The second-order valence-corrected chi connectivity index (χ2v) is 4.07. The molecule has 0 aliphatic carbocycles. The Balaban J connectivity index is 2.32. The summed E-state index contributed by atoms with van der Waals surface area (Å²) in [5, 5.41) is 3.00. The Hall–Kier alpha value is -2.13. The van der Waals surface area contributed by atoms with Gasteiger partial charge in [0.05, 0.1) is 6.04 Å². The first kappa shape index (κ1) is 12.3. The molecule has 0 atom stereocenters. The minimum Gasteiger partial charge on any atom is -0.350 e. The van der Waals surface area contributed by atoms with Gasteiger partial charge in [-0.1, -0.05) is 60.7 Å². The molecule has 0 unspecified atom stereocenters. The van der Waals surface area contributed by atoms with Gasteiger partial charge in [-0.2, -0.15) is 0 Å². The van der Waals surface area contributed by atoms with Crippen LogP contribution >= 0.6 is 0 Å². The first-order valence-corrected chi connectivity index (χ1v) is 6.00.